The van der Waals surface area contributed by atoms with Crippen LogP contribution in [0.3, 0.4) is 0 Å². The highest BCUT2D eigenvalue weighted by molar-refractivity contribution is 5.86. The Bertz CT molecular complexity index is 1470. The maximum Gasteiger partial charge on any atom is 0.229 e. The highest BCUT2D eigenvalue weighted by Gasteiger charge is 2.47. The van der Waals surface area contributed by atoms with E-state index in [1.54, 1.807) is 0 Å². The second-order valence-electron chi connectivity index (χ2n) is 9.85. The standard InChI is InChI=1S/C27H30O15/c1-37-16-4-10(2-3-12(16)29)15-7-14(31)20-13(30)5-11(6-17(20)40-15)39-27-25(36)23(34)22(33)19(42-27)9-38-26-24(35)21(32)18(8-28)41-26/h2-7,18-19,21-30,32-36H,8-9H2,1H3/t18-,19+,21+,22+,23-,24+,25+,26-,27+/m0/s1. The zero-order chi connectivity index (χ0) is 30.3. The summed E-state index contributed by atoms with van der Waals surface area (Å²) in [6.45, 7) is -1.07. The van der Waals surface area contributed by atoms with Crippen LogP contribution in [0, 0.1) is 0 Å². The molecule has 2 fully saturated rings. The van der Waals surface area contributed by atoms with Crippen LogP contribution in [0.2, 0.25) is 0 Å². The van der Waals surface area contributed by atoms with E-state index in [1.165, 1.54) is 31.4 Å². The van der Waals surface area contributed by atoms with Crippen molar-refractivity contribution in [2.24, 2.45) is 0 Å². The van der Waals surface area contributed by atoms with Gasteiger partial charge in [0.15, 0.2) is 23.2 Å². The molecular weight excluding hydrogens is 564 g/mol. The van der Waals surface area contributed by atoms with Crippen LogP contribution in [-0.2, 0) is 14.2 Å². The smallest absolute Gasteiger partial charge is 0.229 e. The quantitative estimate of drug-likeness (QED) is 0.148. The zero-order valence-electron chi connectivity index (χ0n) is 22.0. The predicted molar refractivity (Wildman–Crippen MR) is 139 cm³/mol. The minimum atomic E-state index is -1.77. The molecule has 0 amide bonds. The summed E-state index contributed by atoms with van der Waals surface area (Å²) < 4.78 is 32.8. The van der Waals surface area contributed by atoms with E-state index in [0.717, 1.165) is 12.1 Å². The second kappa shape index (κ2) is 12.0. The van der Waals surface area contributed by atoms with Gasteiger partial charge in [0.05, 0.1) is 20.3 Å². The van der Waals surface area contributed by atoms with Crippen molar-refractivity contribution >= 4 is 11.0 Å². The maximum absolute atomic E-state index is 12.8. The molecule has 0 unspecified atom stereocenters. The van der Waals surface area contributed by atoms with Gasteiger partial charge in [0.1, 0.15) is 71.0 Å². The van der Waals surface area contributed by atoms with Crippen LogP contribution in [0.15, 0.2) is 45.6 Å². The molecular formula is C27H30O15. The van der Waals surface area contributed by atoms with E-state index < -0.39 is 79.7 Å². The first kappa shape index (κ1) is 30.0. The van der Waals surface area contributed by atoms with Gasteiger partial charge in [-0.1, -0.05) is 0 Å². The summed E-state index contributed by atoms with van der Waals surface area (Å²) in [5.41, 5.74) is -0.304. The molecule has 2 aromatic carbocycles. The Kier molecular flexibility index (Phi) is 8.56. The van der Waals surface area contributed by atoms with E-state index in [4.69, 9.17) is 28.1 Å². The van der Waals surface area contributed by atoms with Crippen LogP contribution in [0.1, 0.15) is 0 Å². The molecule has 0 aliphatic carbocycles. The number of hydrogen-bond acceptors (Lipinski definition) is 15. The van der Waals surface area contributed by atoms with Crippen molar-refractivity contribution in [3.8, 4) is 34.3 Å². The fourth-order valence-corrected chi connectivity index (χ4v) is 4.76. The molecule has 2 aliphatic heterocycles. The molecule has 0 radical (unpaired) electrons. The van der Waals surface area contributed by atoms with Crippen molar-refractivity contribution in [2.75, 3.05) is 20.3 Å². The average molecular weight is 595 g/mol. The fourth-order valence-electron chi connectivity index (χ4n) is 4.76. The third kappa shape index (κ3) is 5.61. The van der Waals surface area contributed by atoms with E-state index in [2.05, 4.69) is 0 Å². The normalized spacial score (nSPS) is 31.4. The summed E-state index contributed by atoms with van der Waals surface area (Å²) in [6.07, 6.45) is -13.5. The Morgan fingerprint density at radius 1 is 0.810 bits per heavy atom. The predicted octanol–water partition coefficient (Wildman–Crippen LogP) is -1.48. The SMILES string of the molecule is COc1cc(-c2cc(=O)c3c(O)cc(O[C@@H]4O[C@H](CO[C@H]5O[C@@H](CO)[C@@H](O)[C@H]5O)[C@@H](O)[C@H](O)[C@H]4O)cc3o2)ccc1O. The summed E-state index contributed by atoms with van der Waals surface area (Å²) in [6, 6.07) is 7.75. The first-order valence-electron chi connectivity index (χ1n) is 12.8. The van der Waals surface area contributed by atoms with Crippen molar-refractivity contribution < 1.29 is 69.0 Å². The Morgan fingerprint density at radius 3 is 2.19 bits per heavy atom. The first-order valence-corrected chi connectivity index (χ1v) is 12.8. The molecule has 0 saturated carbocycles. The van der Waals surface area contributed by atoms with Crippen LogP contribution in [0.4, 0.5) is 0 Å². The highest BCUT2D eigenvalue weighted by Crippen LogP contribution is 2.35. The molecule has 3 aromatic rings. The minimum Gasteiger partial charge on any atom is -0.507 e. The first-order chi connectivity index (χ1) is 20.0. The molecule has 42 heavy (non-hydrogen) atoms. The molecule has 2 aliphatic rings. The number of rotatable bonds is 8. The lowest BCUT2D eigenvalue weighted by Gasteiger charge is -2.40. The number of ether oxygens (including phenoxy) is 5. The zero-order valence-corrected chi connectivity index (χ0v) is 22.0. The van der Waals surface area contributed by atoms with Crippen molar-refractivity contribution in [3.63, 3.8) is 0 Å². The number of hydrogen-bond donors (Lipinski definition) is 8. The van der Waals surface area contributed by atoms with Gasteiger partial charge in [0.25, 0.3) is 0 Å². The highest BCUT2D eigenvalue weighted by atomic mass is 16.7. The van der Waals surface area contributed by atoms with E-state index >= 15 is 0 Å². The van der Waals surface area contributed by atoms with Crippen molar-refractivity contribution in [1.82, 2.24) is 0 Å². The van der Waals surface area contributed by atoms with Gasteiger partial charge in [-0.15, -0.1) is 0 Å². The van der Waals surface area contributed by atoms with Gasteiger partial charge < -0.3 is 69.0 Å². The van der Waals surface area contributed by atoms with Gasteiger partial charge in [-0.05, 0) is 18.2 Å². The number of benzene rings is 2. The van der Waals surface area contributed by atoms with Crippen molar-refractivity contribution in [3.05, 3.63) is 46.6 Å². The van der Waals surface area contributed by atoms with E-state index in [-0.39, 0.29) is 34.0 Å². The van der Waals surface area contributed by atoms with Gasteiger partial charge in [-0.25, -0.2) is 0 Å². The van der Waals surface area contributed by atoms with E-state index in [1.807, 2.05) is 0 Å². The van der Waals surface area contributed by atoms with Gasteiger partial charge in [-0.3, -0.25) is 4.79 Å². The van der Waals surface area contributed by atoms with Gasteiger partial charge in [-0.2, -0.15) is 0 Å². The molecule has 0 spiro atoms. The Morgan fingerprint density at radius 2 is 1.50 bits per heavy atom. The second-order valence-corrected chi connectivity index (χ2v) is 9.85. The fraction of sp³-hybridized carbons (Fsp3) is 0.444. The number of aliphatic hydroxyl groups is 6. The van der Waals surface area contributed by atoms with Crippen LogP contribution >= 0.6 is 0 Å². The number of phenolic OH excluding ortho intramolecular Hbond substituents is 2. The van der Waals surface area contributed by atoms with Crippen LogP contribution in [0.25, 0.3) is 22.3 Å². The van der Waals surface area contributed by atoms with Gasteiger partial charge >= 0.3 is 0 Å². The molecule has 0 bridgehead atoms. The van der Waals surface area contributed by atoms with E-state index in [9.17, 15) is 45.6 Å². The van der Waals surface area contributed by atoms with Gasteiger partial charge in [0.2, 0.25) is 6.29 Å². The van der Waals surface area contributed by atoms with Crippen LogP contribution in [0.5, 0.6) is 23.0 Å². The summed E-state index contributed by atoms with van der Waals surface area (Å²) in [5, 5.41) is 80.8. The topological polar surface area (TPSA) is 238 Å². The number of aromatic hydroxyl groups is 2. The lowest BCUT2D eigenvalue weighted by molar-refractivity contribution is -0.290. The molecule has 2 saturated heterocycles. The number of phenols is 2. The summed E-state index contributed by atoms with van der Waals surface area (Å²) >= 11 is 0. The third-order valence-electron chi connectivity index (χ3n) is 7.09. The van der Waals surface area contributed by atoms with Gasteiger partial charge in [0, 0.05) is 23.8 Å². The molecule has 5 rings (SSSR count). The van der Waals surface area contributed by atoms with Crippen LogP contribution < -0.4 is 14.9 Å². The molecule has 15 heteroatoms. The molecule has 15 nitrogen and oxygen atoms in total. The summed E-state index contributed by atoms with van der Waals surface area (Å²) in [4.78, 5) is 12.8. The molecule has 8 N–H and O–H groups in total. The van der Waals surface area contributed by atoms with Crippen molar-refractivity contribution in [1.29, 1.82) is 0 Å². The van der Waals surface area contributed by atoms with Crippen LogP contribution in [-0.4, -0.2) is 116 Å². The average Bonchev–Trinajstić information content (AvgIpc) is 3.24. The number of fused-ring (bicyclic) bond motifs is 1. The number of methoxy groups -OCH3 is 1. The molecule has 228 valence electrons. The summed E-state index contributed by atoms with van der Waals surface area (Å²) in [5.74, 6) is -0.563. The maximum atomic E-state index is 12.8. The lowest BCUT2D eigenvalue weighted by atomic mass is 9.99. The Balaban J connectivity index is 1.37. The lowest BCUT2D eigenvalue weighted by Crippen LogP contribution is -2.60. The third-order valence-corrected chi connectivity index (χ3v) is 7.09. The minimum absolute atomic E-state index is 0.0805. The Labute approximate surface area is 236 Å². The molecule has 1 aromatic heterocycles. The molecule has 3 heterocycles. The van der Waals surface area contributed by atoms with E-state index in [0.29, 0.717) is 5.56 Å². The van der Waals surface area contributed by atoms with Crippen molar-refractivity contribution in [2.45, 2.75) is 55.3 Å². The monoisotopic (exact) mass is 594 g/mol. The summed E-state index contributed by atoms with van der Waals surface area (Å²) in [7, 11) is 1.36. The molecule has 9 atom stereocenters. The Hall–Kier alpha value is -3.51. The largest absolute Gasteiger partial charge is 0.507 e. The number of aliphatic hydroxyl groups excluding tert-OH is 6.